The third-order valence-corrected chi connectivity index (χ3v) is 4.45. The fourth-order valence-corrected chi connectivity index (χ4v) is 3.25. The van der Waals surface area contributed by atoms with Crippen molar-refractivity contribution in [3.05, 3.63) is 18.0 Å². The zero-order chi connectivity index (χ0) is 14.7. The Morgan fingerprint density at radius 3 is 2.62 bits per heavy atom. The average Bonchev–Trinajstić information content (AvgIpc) is 3.09. The number of piperazine rings is 1. The van der Waals surface area contributed by atoms with Crippen LogP contribution in [0, 0.1) is 0 Å². The Labute approximate surface area is 124 Å². The number of amidine groups is 1. The number of oxime groups is 1. The summed E-state index contributed by atoms with van der Waals surface area (Å²) in [5.41, 5.74) is 6.04. The van der Waals surface area contributed by atoms with E-state index < -0.39 is 0 Å². The Morgan fingerprint density at radius 2 is 1.95 bits per heavy atom. The van der Waals surface area contributed by atoms with E-state index in [1.54, 1.807) is 12.3 Å². The highest BCUT2D eigenvalue weighted by Crippen LogP contribution is 2.24. The maximum Gasteiger partial charge on any atom is 0.226 e. The van der Waals surface area contributed by atoms with Gasteiger partial charge in [0.05, 0.1) is 0 Å². The van der Waals surface area contributed by atoms with Crippen LogP contribution in [0.3, 0.4) is 0 Å². The molecule has 114 valence electrons. The highest BCUT2D eigenvalue weighted by Gasteiger charge is 2.26. The normalized spacial score (nSPS) is 21.9. The summed E-state index contributed by atoms with van der Waals surface area (Å²) < 4.78 is 0. The fraction of sp³-hybridized carbons (Fsp3) is 0.643. The molecular formula is C14H22N6O. The summed E-state index contributed by atoms with van der Waals surface area (Å²) in [7, 11) is 0. The van der Waals surface area contributed by atoms with Crippen molar-refractivity contribution in [3.63, 3.8) is 0 Å². The van der Waals surface area contributed by atoms with Crippen molar-refractivity contribution >= 4 is 11.8 Å². The smallest absolute Gasteiger partial charge is 0.226 e. The first-order valence-electron chi connectivity index (χ1n) is 7.58. The molecule has 0 aromatic carbocycles. The molecule has 21 heavy (non-hydrogen) atoms. The molecular weight excluding hydrogens is 268 g/mol. The lowest BCUT2D eigenvalue weighted by Gasteiger charge is -2.38. The molecule has 1 aliphatic carbocycles. The monoisotopic (exact) mass is 290 g/mol. The van der Waals surface area contributed by atoms with Crippen LogP contribution in [0.2, 0.25) is 0 Å². The molecule has 3 rings (SSSR count). The first-order valence-corrected chi connectivity index (χ1v) is 7.58. The Kier molecular flexibility index (Phi) is 4.19. The van der Waals surface area contributed by atoms with Gasteiger partial charge in [-0.1, -0.05) is 18.0 Å². The summed E-state index contributed by atoms with van der Waals surface area (Å²) in [5.74, 6) is 0.674. The van der Waals surface area contributed by atoms with Gasteiger partial charge < -0.3 is 15.8 Å². The van der Waals surface area contributed by atoms with Crippen molar-refractivity contribution in [2.45, 2.75) is 31.7 Å². The molecule has 1 saturated heterocycles. The number of anilines is 1. The number of nitrogens with two attached hydrogens (primary N) is 1. The molecule has 1 aromatic rings. The topological polar surface area (TPSA) is 90.9 Å². The van der Waals surface area contributed by atoms with E-state index in [4.69, 9.17) is 10.9 Å². The van der Waals surface area contributed by atoms with Gasteiger partial charge in [0.25, 0.3) is 0 Å². The molecule has 7 heteroatoms. The summed E-state index contributed by atoms with van der Waals surface area (Å²) >= 11 is 0. The molecule has 1 saturated carbocycles. The standard InChI is InChI=1S/C14H22N6O/c15-13(18-21)12-5-6-16-14(17-12)20-9-7-19(8-10-20)11-3-1-2-4-11/h5-6,11,21H,1-4,7-10H2,(H2,15,18). The molecule has 0 unspecified atom stereocenters. The van der Waals surface area contributed by atoms with Crippen LogP contribution in [0.25, 0.3) is 0 Å². The lowest BCUT2D eigenvalue weighted by atomic mass is 10.2. The van der Waals surface area contributed by atoms with Gasteiger partial charge >= 0.3 is 0 Å². The summed E-state index contributed by atoms with van der Waals surface area (Å²) in [6.45, 7) is 3.97. The van der Waals surface area contributed by atoms with E-state index in [1.165, 1.54) is 25.7 Å². The van der Waals surface area contributed by atoms with E-state index in [2.05, 4.69) is 24.9 Å². The molecule has 7 nitrogen and oxygen atoms in total. The second-order valence-corrected chi connectivity index (χ2v) is 5.69. The van der Waals surface area contributed by atoms with Gasteiger partial charge in [-0.15, -0.1) is 0 Å². The van der Waals surface area contributed by atoms with Crippen LogP contribution in [0.4, 0.5) is 5.95 Å². The van der Waals surface area contributed by atoms with Crippen LogP contribution < -0.4 is 10.6 Å². The molecule has 0 spiro atoms. The van der Waals surface area contributed by atoms with E-state index >= 15 is 0 Å². The summed E-state index contributed by atoms with van der Waals surface area (Å²) in [6, 6.07) is 2.42. The third kappa shape index (κ3) is 3.07. The predicted octanol–water partition coefficient (Wildman–Crippen LogP) is 0.636. The Hall–Kier alpha value is -1.89. The predicted molar refractivity (Wildman–Crippen MR) is 80.6 cm³/mol. The number of nitrogens with zero attached hydrogens (tertiary/aromatic N) is 5. The molecule has 2 heterocycles. The van der Waals surface area contributed by atoms with E-state index in [0.717, 1.165) is 32.2 Å². The molecule has 0 bridgehead atoms. The van der Waals surface area contributed by atoms with Crippen LogP contribution in [-0.2, 0) is 0 Å². The van der Waals surface area contributed by atoms with Crippen molar-refractivity contribution < 1.29 is 5.21 Å². The quantitative estimate of drug-likeness (QED) is 0.367. The lowest BCUT2D eigenvalue weighted by Crippen LogP contribution is -2.50. The summed E-state index contributed by atoms with van der Waals surface area (Å²) in [4.78, 5) is 13.4. The van der Waals surface area contributed by atoms with E-state index in [-0.39, 0.29) is 5.84 Å². The van der Waals surface area contributed by atoms with Crippen LogP contribution in [0.5, 0.6) is 0 Å². The molecule has 2 aliphatic rings. The van der Waals surface area contributed by atoms with E-state index in [0.29, 0.717) is 11.6 Å². The summed E-state index contributed by atoms with van der Waals surface area (Å²) in [6.07, 6.45) is 7.08. The van der Waals surface area contributed by atoms with Gasteiger partial charge in [0.15, 0.2) is 5.84 Å². The molecule has 2 fully saturated rings. The van der Waals surface area contributed by atoms with Crippen LogP contribution in [-0.4, -0.2) is 58.1 Å². The SMILES string of the molecule is N/C(=N/O)c1ccnc(N2CCN(C3CCCC3)CC2)n1. The second kappa shape index (κ2) is 6.26. The Bertz CT molecular complexity index is 506. The minimum Gasteiger partial charge on any atom is -0.409 e. The Morgan fingerprint density at radius 1 is 1.24 bits per heavy atom. The lowest BCUT2D eigenvalue weighted by molar-refractivity contribution is 0.187. The first-order chi connectivity index (χ1) is 10.3. The Balaban J connectivity index is 1.64. The molecule has 0 radical (unpaired) electrons. The van der Waals surface area contributed by atoms with E-state index in [9.17, 15) is 0 Å². The zero-order valence-electron chi connectivity index (χ0n) is 12.1. The van der Waals surface area contributed by atoms with Crippen molar-refractivity contribution in [1.29, 1.82) is 0 Å². The molecule has 1 aliphatic heterocycles. The van der Waals surface area contributed by atoms with Gasteiger partial charge in [-0.05, 0) is 18.9 Å². The van der Waals surface area contributed by atoms with Gasteiger partial charge in [0, 0.05) is 38.4 Å². The highest BCUT2D eigenvalue weighted by atomic mass is 16.4. The van der Waals surface area contributed by atoms with Gasteiger partial charge in [0.1, 0.15) is 5.69 Å². The highest BCUT2D eigenvalue weighted by molar-refractivity contribution is 5.95. The van der Waals surface area contributed by atoms with Crippen molar-refractivity contribution in [2.75, 3.05) is 31.1 Å². The number of aromatic nitrogens is 2. The van der Waals surface area contributed by atoms with Crippen molar-refractivity contribution in [1.82, 2.24) is 14.9 Å². The maximum atomic E-state index is 8.73. The van der Waals surface area contributed by atoms with E-state index in [1.807, 2.05) is 0 Å². The average molecular weight is 290 g/mol. The molecule has 3 N–H and O–H groups in total. The zero-order valence-corrected chi connectivity index (χ0v) is 12.1. The largest absolute Gasteiger partial charge is 0.409 e. The third-order valence-electron chi connectivity index (χ3n) is 4.45. The van der Waals surface area contributed by atoms with Gasteiger partial charge in [0.2, 0.25) is 5.95 Å². The second-order valence-electron chi connectivity index (χ2n) is 5.69. The van der Waals surface area contributed by atoms with Crippen LogP contribution in [0.15, 0.2) is 17.4 Å². The summed E-state index contributed by atoms with van der Waals surface area (Å²) in [5, 5.41) is 11.7. The molecule has 0 amide bonds. The molecule has 1 aromatic heterocycles. The first kappa shape index (κ1) is 14.1. The number of hydrogen-bond acceptors (Lipinski definition) is 6. The van der Waals surface area contributed by atoms with Gasteiger partial charge in [-0.2, -0.15) is 0 Å². The van der Waals surface area contributed by atoms with Gasteiger partial charge in [-0.3, -0.25) is 4.90 Å². The fourth-order valence-electron chi connectivity index (χ4n) is 3.25. The van der Waals surface area contributed by atoms with Crippen molar-refractivity contribution in [2.24, 2.45) is 10.9 Å². The minimum atomic E-state index is 0.0169. The van der Waals surface area contributed by atoms with Crippen molar-refractivity contribution in [3.8, 4) is 0 Å². The molecule has 0 atom stereocenters. The van der Waals surface area contributed by atoms with Crippen LogP contribution in [0.1, 0.15) is 31.4 Å². The van der Waals surface area contributed by atoms with Crippen LogP contribution >= 0.6 is 0 Å². The number of rotatable bonds is 3. The van der Waals surface area contributed by atoms with Gasteiger partial charge in [-0.25, -0.2) is 9.97 Å². The number of hydrogen-bond donors (Lipinski definition) is 2. The maximum absolute atomic E-state index is 8.73. The minimum absolute atomic E-state index is 0.0169.